The van der Waals surface area contributed by atoms with Crippen molar-refractivity contribution in [1.29, 1.82) is 0 Å². The summed E-state index contributed by atoms with van der Waals surface area (Å²) in [7, 11) is 0. The second-order valence-electron chi connectivity index (χ2n) is 5.16. The number of nitrogens with zero attached hydrogens (tertiary/aromatic N) is 1. The third kappa shape index (κ3) is 4.37. The maximum Gasteiger partial charge on any atom is 0.406 e. The molecule has 1 fully saturated rings. The molecular formula is C13H23F3N2O. The van der Waals surface area contributed by atoms with E-state index in [-0.39, 0.29) is 6.54 Å². The molecule has 6 heteroatoms. The van der Waals surface area contributed by atoms with E-state index in [1.54, 1.807) is 0 Å². The Hall–Kier alpha value is -0.780. The van der Waals surface area contributed by atoms with Crippen LogP contribution in [0.1, 0.15) is 46.0 Å². The molecule has 1 aliphatic heterocycles. The highest BCUT2D eigenvalue weighted by Crippen LogP contribution is 2.27. The Labute approximate surface area is 112 Å². The summed E-state index contributed by atoms with van der Waals surface area (Å²) in [6, 6.07) is 0. The van der Waals surface area contributed by atoms with Crippen molar-refractivity contribution in [3.8, 4) is 0 Å². The van der Waals surface area contributed by atoms with Gasteiger partial charge in [-0.2, -0.15) is 13.2 Å². The van der Waals surface area contributed by atoms with E-state index >= 15 is 0 Å². The first-order valence-corrected chi connectivity index (χ1v) is 6.96. The molecule has 0 saturated carbocycles. The molecule has 1 aliphatic rings. The second-order valence-corrected chi connectivity index (χ2v) is 5.16. The highest BCUT2D eigenvalue weighted by Gasteiger charge is 2.44. The topological polar surface area (TPSA) is 32.3 Å². The van der Waals surface area contributed by atoms with Crippen molar-refractivity contribution in [2.24, 2.45) is 0 Å². The summed E-state index contributed by atoms with van der Waals surface area (Å²) in [6.07, 6.45) is -0.963. The fraction of sp³-hybridized carbons (Fsp3) is 0.923. The van der Waals surface area contributed by atoms with Crippen LogP contribution < -0.4 is 5.32 Å². The highest BCUT2D eigenvalue weighted by atomic mass is 19.4. The van der Waals surface area contributed by atoms with E-state index in [9.17, 15) is 18.0 Å². The number of unbranched alkanes of at least 4 members (excludes halogenated alkanes) is 1. The summed E-state index contributed by atoms with van der Waals surface area (Å²) in [4.78, 5) is 13.4. The van der Waals surface area contributed by atoms with Gasteiger partial charge in [0, 0.05) is 6.54 Å². The Morgan fingerprint density at radius 1 is 1.37 bits per heavy atom. The average molecular weight is 280 g/mol. The Kier molecular flexibility index (Phi) is 5.64. The van der Waals surface area contributed by atoms with Crippen LogP contribution in [0.3, 0.4) is 0 Å². The van der Waals surface area contributed by atoms with E-state index in [0.717, 1.165) is 17.7 Å². The van der Waals surface area contributed by atoms with Gasteiger partial charge < -0.3 is 10.2 Å². The number of carbonyl (C=O) groups is 1. The first-order chi connectivity index (χ1) is 8.84. The number of halogens is 3. The summed E-state index contributed by atoms with van der Waals surface area (Å²) in [5.41, 5.74) is -0.779. The lowest BCUT2D eigenvalue weighted by molar-refractivity contribution is -0.165. The van der Waals surface area contributed by atoms with Crippen LogP contribution in [-0.4, -0.2) is 42.2 Å². The van der Waals surface area contributed by atoms with Gasteiger partial charge in [-0.1, -0.05) is 20.3 Å². The number of carbonyl (C=O) groups excluding carboxylic acids is 1. The zero-order valence-corrected chi connectivity index (χ0v) is 11.6. The molecule has 1 amide bonds. The minimum absolute atomic E-state index is 0.179. The SMILES string of the molecule is CCCCN(CC(F)(F)F)C(=O)C1(CC)CCCN1. The minimum Gasteiger partial charge on any atom is -0.332 e. The molecule has 3 nitrogen and oxygen atoms in total. The summed E-state index contributed by atoms with van der Waals surface area (Å²) < 4.78 is 37.8. The zero-order chi connectivity index (χ0) is 14.5. The number of hydrogen-bond donors (Lipinski definition) is 1. The van der Waals surface area contributed by atoms with Crippen molar-refractivity contribution in [3.05, 3.63) is 0 Å². The number of nitrogens with one attached hydrogen (secondary N) is 1. The lowest BCUT2D eigenvalue weighted by atomic mass is 9.92. The molecule has 0 spiro atoms. The van der Waals surface area contributed by atoms with Crippen LogP contribution in [0, 0.1) is 0 Å². The van der Waals surface area contributed by atoms with Crippen molar-refractivity contribution in [3.63, 3.8) is 0 Å². The Balaban J connectivity index is 2.80. The third-order valence-electron chi connectivity index (χ3n) is 3.70. The fourth-order valence-corrected chi connectivity index (χ4v) is 2.56. The monoisotopic (exact) mass is 280 g/mol. The first-order valence-electron chi connectivity index (χ1n) is 6.96. The molecule has 1 atom stereocenters. The number of amides is 1. The maximum atomic E-state index is 12.6. The maximum absolute atomic E-state index is 12.6. The third-order valence-corrected chi connectivity index (χ3v) is 3.70. The van der Waals surface area contributed by atoms with E-state index in [1.807, 2.05) is 13.8 Å². The van der Waals surface area contributed by atoms with Gasteiger partial charge in [-0.3, -0.25) is 4.79 Å². The smallest absolute Gasteiger partial charge is 0.332 e. The number of hydrogen-bond acceptors (Lipinski definition) is 2. The Bertz CT molecular complexity index is 299. The summed E-state index contributed by atoms with van der Waals surface area (Å²) >= 11 is 0. The Morgan fingerprint density at radius 3 is 2.47 bits per heavy atom. The summed E-state index contributed by atoms with van der Waals surface area (Å²) in [5.74, 6) is -0.390. The molecule has 0 aromatic heterocycles. The standard InChI is InChI=1S/C13H23F3N2O/c1-3-5-9-18(10-13(14,15)16)11(19)12(4-2)7-6-8-17-12/h17H,3-10H2,1-2H3. The average Bonchev–Trinajstić information content (AvgIpc) is 2.82. The van der Waals surface area contributed by atoms with Crippen LogP contribution in [0.4, 0.5) is 13.2 Å². The Morgan fingerprint density at radius 2 is 2.05 bits per heavy atom. The van der Waals surface area contributed by atoms with E-state index in [4.69, 9.17) is 0 Å². The van der Waals surface area contributed by atoms with Crippen LogP contribution in [0.15, 0.2) is 0 Å². The van der Waals surface area contributed by atoms with Crippen molar-refractivity contribution in [2.75, 3.05) is 19.6 Å². The molecule has 0 aromatic rings. The van der Waals surface area contributed by atoms with E-state index in [0.29, 0.717) is 25.8 Å². The second kappa shape index (κ2) is 6.59. The van der Waals surface area contributed by atoms with Gasteiger partial charge in [0.1, 0.15) is 6.54 Å². The fourth-order valence-electron chi connectivity index (χ4n) is 2.56. The predicted octanol–water partition coefficient (Wildman–Crippen LogP) is 2.71. The van der Waals surface area contributed by atoms with Gasteiger partial charge in [0.2, 0.25) is 5.91 Å². The lowest BCUT2D eigenvalue weighted by Gasteiger charge is -2.34. The van der Waals surface area contributed by atoms with Gasteiger partial charge in [0.25, 0.3) is 0 Å². The molecule has 112 valence electrons. The highest BCUT2D eigenvalue weighted by molar-refractivity contribution is 5.86. The largest absolute Gasteiger partial charge is 0.406 e. The van der Waals surface area contributed by atoms with Gasteiger partial charge in [-0.15, -0.1) is 0 Å². The lowest BCUT2D eigenvalue weighted by Crippen LogP contribution is -2.56. The molecule has 1 unspecified atom stereocenters. The number of rotatable bonds is 6. The van der Waals surface area contributed by atoms with Crippen LogP contribution in [0.2, 0.25) is 0 Å². The molecule has 1 heterocycles. The molecule has 19 heavy (non-hydrogen) atoms. The van der Waals surface area contributed by atoms with E-state index < -0.39 is 24.2 Å². The van der Waals surface area contributed by atoms with Gasteiger partial charge in [0.05, 0.1) is 5.54 Å². The molecule has 0 aromatic carbocycles. The van der Waals surface area contributed by atoms with Crippen molar-refractivity contribution >= 4 is 5.91 Å². The van der Waals surface area contributed by atoms with Crippen molar-refractivity contribution < 1.29 is 18.0 Å². The van der Waals surface area contributed by atoms with Crippen LogP contribution in [0.5, 0.6) is 0 Å². The summed E-state index contributed by atoms with van der Waals surface area (Å²) in [6.45, 7) is 3.49. The van der Waals surface area contributed by atoms with E-state index in [1.165, 1.54) is 0 Å². The molecule has 0 aliphatic carbocycles. The normalized spacial score (nSPS) is 23.6. The van der Waals surface area contributed by atoms with Crippen LogP contribution in [0.25, 0.3) is 0 Å². The van der Waals surface area contributed by atoms with Crippen LogP contribution in [-0.2, 0) is 4.79 Å². The number of alkyl halides is 3. The van der Waals surface area contributed by atoms with Crippen LogP contribution >= 0.6 is 0 Å². The molecule has 1 N–H and O–H groups in total. The minimum atomic E-state index is -4.34. The van der Waals surface area contributed by atoms with Crippen molar-refractivity contribution in [2.45, 2.75) is 57.7 Å². The first kappa shape index (κ1) is 16.3. The molecule has 0 radical (unpaired) electrons. The van der Waals surface area contributed by atoms with Gasteiger partial charge >= 0.3 is 6.18 Å². The van der Waals surface area contributed by atoms with Gasteiger partial charge in [-0.25, -0.2) is 0 Å². The molecular weight excluding hydrogens is 257 g/mol. The molecule has 1 saturated heterocycles. The quantitative estimate of drug-likeness (QED) is 0.811. The predicted molar refractivity (Wildman–Crippen MR) is 67.8 cm³/mol. The van der Waals surface area contributed by atoms with Gasteiger partial charge in [0.15, 0.2) is 0 Å². The zero-order valence-electron chi connectivity index (χ0n) is 11.6. The van der Waals surface area contributed by atoms with E-state index in [2.05, 4.69) is 5.32 Å². The van der Waals surface area contributed by atoms with Crippen molar-refractivity contribution in [1.82, 2.24) is 10.2 Å². The molecule has 1 rings (SSSR count). The molecule has 0 bridgehead atoms. The summed E-state index contributed by atoms with van der Waals surface area (Å²) in [5, 5.41) is 3.10. The van der Waals surface area contributed by atoms with Gasteiger partial charge in [-0.05, 0) is 32.2 Å².